The number of aliphatic imine (C=N–C) groups is 1. The molecule has 0 radical (unpaired) electrons. The van der Waals surface area contributed by atoms with Gasteiger partial charge in [-0.2, -0.15) is 9.83 Å². The van der Waals surface area contributed by atoms with Gasteiger partial charge in [0.2, 0.25) is 12.2 Å². The third-order valence-electron chi connectivity index (χ3n) is 6.52. The minimum atomic E-state index is -0.675. The lowest BCUT2D eigenvalue weighted by Gasteiger charge is -2.22. The van der Waals surface area contributed by atoms with Crippen molar-refractivity contribution in [3.8, 4) is 11.9 Å². The van der Waals surface area contributed by atoms with Crippen LogP contribution in [0.2, 0.25) is 5.02 Å². The Morgan fingerprint density at radius 2 is 1.79 bits per heavy atom. The molecule has 2 heterocycles. The van der Waals surface area contributed by atoms with E-state index in [1.54, 1.807) is 28.1 Å². The minimum Gasteiger partial charge on any atom is -0.494 e. The first-order valence-electron chi connectivity index (χ1n) is 13.4. The summed E-state index contributed by atoms with van der Waals surface area (Å²) >= 11 is 5.89. The van der Waals surface area contributed by atoms with Crippen LogP contribution in [0.1, 0.15) is 44.9 Å². The van der Waals surface area contributed by atoms with Crippen molar-refractivity contribution in [2.24, 2.45) is 16.6 Å². The van der Waals surface area contributed by atoms with Gasteiger partial charge in [0.1, 0.15) is 5.75 Å². The lowest BCUT2D eigenvalue weighted by atomic mass is 9.95. The SMILES string of the molecule is N#CN=C(N)N(CCCCCCOc1ccc(Cl)cc1)c1cc[n+](COC(=O)OCCC2CCNCC2)cc1. The van der Waals surface area contributed by atoms with Gasteiger partial charge in [-0.05, 0) is 75.4 Å². The second kappa shape index (κ2) is 17.1. The fourth-order valence-corrected chi connectivity index (χ4v) is 4.42. The Balaban J connectivity index is 1.37. The largest absolute Gasteiger partial charge is 0.513 e. The van der Waals surface area contributed by atoms with Crippen LogP contribution in [0, 0.1) is 17.4 Å². The normalized spacial score (nSPS) is 13.9. The molecule has 39 heavy (non-hydrogen) atoms. The number of pyridine rings is 1. The van der Waals surface area contributed by atoms with E-state index in [4.69, 9.17) is 36.8 Å². The number of unbranched alkanes of at least 4 members (excludes halogenated alkanes) is 3. The fraction of sp³-hybridized carbons (Fsp3) is 0.500. The molecular formula is C28H38ClN6O4+. The number of carbonyl (C=O) groups excluding carboxylic acids is 1. The Morgan fingerprint density at radius 3 is 2.51 bits per heavy atom. The van der Waals surface area contributed by atoms with Crippen molar-refractivity contribution in [3.05, 3.63) is 53.8 Å². The maximum atomic E-state index is 11.9. The Hall–Kier alpha value is -3.55. The van der Waals surface area contributed by atoms with E-state index in [1.807, 2.05) is 36.4 Å². The molecule has 0 atom stereocenters. The summed E-state index contributed by atoms with van der Waals surface area (Å²) in [6.45, 7) is 3.69. The Kier molecular flexibility index (Phi) is 13.2. The van der Waals surface area contributed by atoms with Crippen LogP contribution in [-0.2, 0) is 16.2 Å². The molecule has 1 saturated heterocycles. The van der Waals surface area contributed by atoms with E-state index in [1.165, 1.54) is 0 Å². The number of carbonyl (C=O) groups is 1. The van der Waals surface area contributed by atoms with Crippen LogP contribution < -0.4 is 25.3 Å². The van der Waals surface area contributed by atoms with Gasteiger partial charge in [-0.15, -0.1) is 4.99 Å². The Morgan fingerprint density at radius 1 is 1.08 bits per heavy atom. The van der Waals surface area contributed by atoms with Crippen molar-refractivity contribution in [2.45, 2.75) is 51.7 Å². The number of rotatable bonds is 14. The number of nitriles is 1. The lowest BCUT2D eigenvalue weighted by Crippen LogP contribution is -2.40. The van der Waals surface area contributed by atoms with Crippen molar-refractivity contribution < 1.29 is 23.6 Å². The summed E-state index contributed by atoms with van der Waals surface area (Å²) in [4.78, 5) is 17.5. The maximum absolute atomic E-state index is 11.9. The van der Waals surface area contributed by atoms with E-state index in [0.717, 1.165) is 69.5 Å². The van der Waals surface area contributed by atoms with Gasteiger partial charge < -0.3 is 30.2 Å². The molecule has 11 heteroatoms. The first kappa shape index (κ1) is 30.0. The molecule has 0 spiro atoms. The first-order valence-corrected chi connectivity index (χ1v) is 13.8. The van der Waals surface area contributed by atoms with Crippen molar-refractivity contribution >= 4 is 29.4 Å². The summed E-state index contributed by atoms with van der Waals surface area (Å²) in [6.07, 6.45) is 11.5. The van der Waals surface area contributed by atoms with E-state index in [9.17, 15) is 4.79 Å². The van der Waals surface area contributed by atoms with Crippen LogP contribution in [0.25, 0.3) is 0 Å². The van der Waals surface area contributed by atoms with Crippen LogP contribution >= 0.6 is 11.6 Å². The number of guanidine groups is 1. The summed E-state index contributed by atoms with van der Waals surface area (Å²) in [6, 6.07) is 11.0. The fourth-order valence-electron chi connectivity index (χ4n) is 4.30. The number of nitrogens with two attached hydrogens (primary N) is 1. The van der Waals surface area contributed by atoms with Gasteiger partial charge >= 0.3 is 6.16 Å². The highest BCUT2D eigenvalue weighted by Crippen LogP contribution is 2.17. The summed E-state index contributed by atoms with van der Waals surface area (Å²) in [7, 11) is 0. The summed E-state index contributed by atoms with van der Waals surface area (Å²) in [5.74, 6) is 1.53. The van der Waals surface area contributed by atoms with Gasteiger partial charge in [0, 0.05) is 23.7 Å². The molecule has 10 nitrogen and oxygen atoms in total. The van der Waals surface area contributed by atoms with Crippen LogP contribution in [0.5, 0.6) is 5.75 Å². The highest BCUT2D eigenvalue weighted by Gasteiger charge is 2.16. The summed E-state index contributed by atoms with van der Waals surface area (Å²) < 4.78 is 17.9. The van der Waals surface area contributed by atoms with E-state index in [-0.39, 0.29) is 12.7 Å². The van der Waals surface area contributed by atoms with Gasteiger partial charge in [-0.25, -0.2) is 4.79 Å². The topological polar surface area (TPSA) is 126 Å². The highest BCUT2D eigenvalue weighted by molar-refractivity contribution is 6.30. The Labute approximate surface area is 235 Å². The number of ether oxygens (including phenoxy) is 3. The zero-order chi connectivity index (χ0) is 27.7. The number of piperidine rings is 1. The molecule has 2 aromatic rings. The molecule has 210 valence electrons. The summed E-state index contributed by atoms with van der Waals surface area (Å²) in [5.41, 5.74) is 6.85. The van der Waals surface area contributed by atoms with Crippen LogP contribution in [-0.4, -0.2) is 45.0 Å². The molecule has 0 amide bonds. The zero-order valence-electron chi connectivity index (χ0n) is 22.3. The molecule has 1 aromatic carbocycles. The van der Waals surface area contributed by atoms with Gasteiger partial charge in [0.05, 0.1) is 18.9 Å². The molecular weight excluding hydrogens is 520 g/mol. The number of nitrogens with zero attached hydrogens (tertiary/aromatic N) is 4. The molecule has 1 aliphatic heterocycles. The average molecular weight is 558 g/mol. The lowest BCUT2D eigenvalue weighted by molar-refractivity contribution is -0.727. The number of nitrogens with one attached hydrogen (secondary N) is 1. The number of aromatic nitrogens is 1. The molecule has 1 aliphatic rings. The minimum absolute atomic E-state index is 0.0340. The number of anilines is 1. The molecule has 1 fully saturated rings. The number of hydrogen-bond donors (Lipinski definition) is 2. The molecule has 3 rings (SSSR count). The van der Waals surface area contributed by atoms with E-state index in [0.29, 0.717) is 30.7 Å². The predicted molar refractivity (Wildman–Crippen MR) is 149 cm³/mol. The van der Waals surface area contributed by atoms with Gasteiger partial charge in [-0.3, -0.25) is 0 Å². The van der Waals surface area contributed by atoms with E-state index < -0.39 is 6.16 Å². The number of halogens is 1. The second-order valence-electron chi connectivity index (χ2n) is 9.36. The van der Waals surface area contributed by atoms with Crippen LogP contribution in [0.3, 0.4) is 0 Å². The standard InChI is InChI=1S/C28H38ClN6O4/c29-24-5-7-26(8-6-24)37-19-4-2-1-3-16-35(27(31)33-21-30)25-11-17-34(18-12-25)22-39-28(36)38-20-13-23-9-14-32-15-10-23/h5-8,11-12,17-18,23,32H,1-4,9-10,13-16,19-20,22H2,(H2,31,33)/q+1. The number of benzene rings is 1. The van der Waals surface area contributed by atoms with E-state index in [2.05, 4.69) is 10.3 Å². The summed E-state index contributed by atoms with van der Waals surface area (Å²) in [5, 5.41) is 13.0. The molecule has 0 saturated carbocycles. The van der Waals surface area contributed by atoms with Gasteiger partial charge in [0.25, 0.3) is 6.73 Å². The highest BCUT2D eigenvalue weighted by atomic mass is 35.5. The Bertz CT molecular complexity index is 1070. The molecule has 3 N–H and O–H groups in total. The molecule has 1 aromatic heterocycles. The maximum Gasteiger partial charge on any atom is 0.513 e. The van der Waals surface area contributed by atoms with Crippen molar-refractivity contribution in [2.75, 3.05) is 37.7 Å². The second-order valence-corrected chi connectivity index (χ2v) is 9.80. The average Bonchev–Trinajstić information content (AvgIpc) is 2.95. The third kappa shape index (κ3) is 11.4. The molecule has 0 aliphatic carbocycles. The third-order valence-corrected chi connectivity index (χ3v) is 6.77. The zero-order valence-corrected chi connectivity index (χ0v) is 23.0. The predicted octanol–water partition coefficient (Wildman–Crippen LogP) is 4.37. The van der Waals surface area contributed by atoms with E-state index >= 15 is 0 Å². The number of hydrogen-bond acceptors (Lipinski definition) is 7. The van der Waals surface area contributed by atoms with Crippen LogP contribution in [0.4, 0.5) is 10.5 Å². The van der Waals surface area contributed by atoms with Crippen molar-refractivity contribution in [1.82, 2.24) is 5.32 Å². The van der Waals surface area contributed by atoms with Crippen molar-refractivity contribution in [1.29, 1.82) is 5.26 Å². The van der Waals surface area contributed by atoms with Gasteiger partial charge in [-0.1, -0.05) is 24.4 Å². The molecule has 0 bridgehead atoms. The smallest absolute Gasteiger partial charge is 0.494 e. The monoisotopic (exact) mass is 557 g/mol. The van der Waals surface area contributed by atoms with Crippen LogP contribution in [0.15, 0.2) is 53.8 Å². The van der Waals surface area contributed by atoms with Gasteiger partial charge in [0.15, 0.2) is 12.4 Å². The molecule has 0 unspecified atom stereocenters. The van der Waals surface area contributed by atoms with Crippen molar-refractivity contribution in [3.63, 3.8) is 0 Å². The first-order chi connectivity index (χ1) is 19.0. The quantitative estimate of drug-likeness (QED) is 0.0875.